The van der Waals surface area contributed by atoms with Gasteiger partial charge in [0.15, 0.2) is 5.16 Å². The van der Waals surface area contributed by atoms with E-state index >= 15 is 0 Å². The minimum absolute atomic E-state index is 0.177. The topological polar surface area (TPSA) is 84.1 Å². The van der Waals surface area contributed by atoms with Crippen LogP contribution in [0.25, 0.3) is 11.0 Å². The third-order valence-corrected chi connectivity index (χ3v) is 5.31. The molecule has 6 nitrogen and oxygen atoms in total. The van der Waals surface area contributed by atoms with E-state index in [1.54, 1.807) is 44.2 Å². The third kappa shape index (κ3) is 4.66. The smallest absolute Gasteiger partial charge is 0.338 e. The third-order valence-electron chi connectivity index (χ3n) is 4.01. The number of ether oxygens (including phenoxy) is 1. The largest absolute Gasteiger partial charge is 0.462 e. The zero-order valence-corrected chi connectivity index (χ0v) is 17.3. The number of rotatable bonds is 6. The molecule has 1 heterocycles. The normalized spacial score (nSPS) is 12.0. The molecule has 0 saturated carbocycles. The molecular formula is C20H20ClN3O3S. The molecule has 2 N–H and O–H groups in total. The van der Waals surface area contributed by atoms with Gasteiger partial charge in [0.25, 0.3) is 0 Å². The molecule has 1 unspecified atom stereocenters. The Morgan fingerprint density at radius 2 is 2.07 bits per heavy atom. The van der Waals surface area contributed by atoms with E-state index in [0.29, 0.717) is 39.1 Å². The molecule has 1 amide bonds. The number of hydrogen-bond donors (Lipinski definition) is 2. The predicted molar refractivity (Wildman–Crippen MR) is 112 cm³/mol. The van der Waals surface area contributed by atoms with Crippen LogP contribution < -0.4 is 5.32 Å². The Bertz CT molecular complexity index is 1030. The Hall–Kier alpha value is -2.51. The maximum Gasteiger partial charge on any atom is 0.338 e. The molecule has 0 aliphatic rings. The second kappa shape index (κ2) is 8.67. The predicted octanol–water partition coefficient (Wildman–Crippen LogP) is 4.82. The van der Waals surface area contributed by atoms with Crippen molar-refractivity contribution in [3.8, 4) is 0 Å². The summed E-state index contributed by atoms with van der Waals surface area (Å²) in [5.41, 5.74) is 3.48. The maximum absolute atomic E-state index is 12.5. The fourth-order valence-corrected chi connectivity index (χ4v) is 3.66. The molecule has 0 spiro atoms. The van der Waals surface area contributed by atoms with Crippen molar-refractivity contribution in [3.63, 3.8) is 0 Å². The number of hydrogen-bond acceptors (Lipinski definition) is 5. The summed E-state index contributed by atoms with van der Waals surface area (Å²) in [5, 5.41) is 3.53. The van der Waals surface area contributed by atoms with Crippen molar-refractivity contribution in [2.75, 3.05) is 11.9 Å². The number of esters is 1. The Labute approximate surface area is 172 Å². The number of thioether (sulfide) groups is 1. The summed E-state index contributed by atoms with van der Waals surface area (Å²) in [6.07, 6.45) is 0. The number of imidazole rings is 1. The van der Waals surface area contributed by atoms with Gasteiger partial charge in [-0.1, -0.05) is 29.4 Å². The number of aromatic amines is 1. The number of aryl methyl sites for hydroxylation is 1. The number of nitrogens with one attached hydrogen (secondary N) is 2. The van der Waals surface area contributed by atoms with E-state index in [0.717, 1.165) is 5.56 Å². The van der Waals surface area contributed by atoms with Gasteiger partial charge in [0, 0.05) is 0 Å². The average Bonchev–Trinajstić information content (AvgIpc) is 3.05. The van der Waals surface area contributed by atoms with Gasteiger partial charge in [-0.25, -0.2) is 9.78 Å². The van der Waals surface area contributed by atoms with Gasteiger partial charge in [0.05, 0.1) is 39.2 Å². The molecule has 2 aromatic carbocycles. The van der Waals surface area contributed by atoms with Crippen LogP contribution in [-0.2, 0) is 9.53 Å². The van der Waals surface area contributed by atoms with Crippen LogP contribution in [0.3, 0.4) is 0 Å². The minimum atomic E-state index is -0.401. The molecule has 0 radical (unpaired) electrons. The average molecular weight is 418 g/mol. The van der Waals surface area contributed by atoms with Gasteiger partial charge >= 0.3 is 5.97 Å². The van der Waals surface area contributed by atoms with Gasteiger partial charge in [0.1, 0.15) is 0 Å². The molecule has 28 heavy (non-hydrogen) atoms. The Morgan fingerprint density at radius 3 is 2.79 bits per heavy atom. The molecule has 146 valence electrons. The van der Waals surface area contributed by atoms with Gasteiger partial charge in [-0.3, -0.25) is 4.79 Å². The zero-order valence-electron chi connectivity index (χ0n) is 15.7. The lowest BCUT2D eigenvalue weighted by Crippen LogP contribution is -2.22. The first kappa shape index (κ1) is 20.2. The number of benzene rings is 2. The number of H-pyrrole nitrogens is 1. The monoisotopic (exact) mass is 417 g/mol. The van der Waals surface area contributed by atoms with Gasteiger partial charge < -0.3 is 15.0 Å². The van der Waals surface area contributed by atoms with Gasteiger partial charge in [-0.15, -0.1) is 0 Å². The summed E-state index contributed by atoms with van der Waals surface area (Å²) in [6.45, 7) is 5.81. The Morgan fingerprint density at radius 1 is 1.29 bits per heavy atom. The van der Waals surface area contributed by atoms with Crippen LogP contribution in [0.1, 0.15) is 29.8 Å². The van der Waals surface area contributed by atoms with Crippen molar-refractivity contribution in [2.24, 2.45) is 0 Å². The van der Waals surface area contributed by atoms with E-state index in [1.807, 2.05) is 13.0 Å². The highest BCUT2D eigenvalue weighted by Gasteiger charge is 2.18. The van der Waals surface area contributed by atoms with Crippen LogP contribution in [0, 0.1) is 6.92 Å². The summed E-state index contributed by atoms with van der Waals surface area (Å²) in [7, 11) is 0. The number of halogens is 1. The molecule has 3 aromatic rings. The van der Waals surface area contributed by atoms with E-state index in [4.69, 9.17) is 16.3 Å². The molecule has 0 aliphatic carbocycles. The van der Waals surface area contributed by atoms with Crippen molar-refractivity contribution >= 4 is 52.0 Å². The molecule has 1 atom stereocenters. The lowest BCUT2D eigenvalue weighted by atomic mass is 10.2. The SMILES string of the molecule is CCOC(=O)c1ccc2nc(SC(C)C(=O)Nc3ccc(C)cc3Cl)[nH]c2c1. The van der Waals surface area contributed by atoms with Crippen LogP contribution >= 0.6 is 23.4 Å². The molecule has 0 saturated heterocycles. The van der Waals surface area contributed by atoms with Crippen LogP contribution in [0.2, 0.25) is 5.02 Å². The quantitative estimate of drug-likeness (QED) is 0.443. The van der Waals surface area contributed by atoms with Gasteiger partial charge in [-0.2, -0.15) is 0 Å². The first-order valence-electron chi connectivity index (χ1n) is 8.78. The summed E-state index contributed by atoms with van der Waals surface area (Å²) in [5.74, 6) is -0.556. The molecule has 0 aliphatic heterocycles. The Balaban J connectivity index is 1.70. The maximum atomic E-state index is 12.5. The highest BCUT2D eigenvalue weighted by molar-refractivity contribution is 8.00. The lowest BCUT2D eigenvalue weighted by Gasteiger charge is -2.12. The number of fused-ring (bicyclic) bond motifs is 1. The lowest BCUT2D eigenvalue weighted by molar-refractivity contribution is -0.115. The van der Waals surface area contributed by atoms with Crippen molar-refractivity contribution in [1.29, 1.82) is 0 Å². The number of carbonyl (C=O) groups is 2. The second-order valence-corrected chi connectivity index (χ2v) is 7.96. The number of amides is 1. The number of nitrogens with zero attached hydrogens (tertiary/aromatic N) is 1. The van der Waals surface area contributed by atoms with Crippen molar-refractivity contribution in [1.82, 2.24) is 9.97 Å². The number of aromatic nitrogens is 2. The molecule has 1 aromatic heterocycles. The van der Waals surface area contributed by atoms with Crippen LogP contribution in [-0.4, -0.2) is 33.7 Å². The number of anilines is 1. The van der Waals surface area contributed by atoms with E-state index in [9.17, 15) is 9.59 Å². The van der Waals surface area contributed by atoms with Gasteiger partial charge in [0.2, 0.25) is 5.91 Å². The highest BCUT2D eigenvalue weighted by Crippen LogP contribution is 2.27. The molecule has 3 rings (SSSR count). The van der Waals surface area contributed by atoms with Gasteiger partial charge in [-0.05, 0) is 56.7 Å². The summed E-state index contributed by atoms with van der Waals surface area (Å²) >= 11 is 7.47. The fraction of sp³-hybridized carbons (Fsp3) is 0.250. The van der Waals surface area contributed by atoms with E-state index in [2.05, 4.69) is 15.3 Å². The fourth-order valence-electron chi connectivity index (χ4n) is 2.56. The van der Waals surface area contributed by atoms with E-state index in [1.165, 1.54) is 11.8 Å². The van der Waals surface area contributed by atoms with Crippen LogP contribution in [0.5, 0.6) is 0 Å². The van der Waals surface area contributed by atoms with Crippen molar-refractivity contribution < 1.29 is 14.3 Å². The zero-order chi connectivity index (χ0) is 20.3. The first-order chi connectivity index (χ1) is 13.4. The number of carbonyl (C=O) groups excluding carboxylic acids is 2. The molecule has 0 fully saturated rings. The van der Waals surface area contributed by atoms with Crippen LogP contribution in [0.15, 0.2) is 41.6 Å². The summed E-state index contributed by atoms with van der Waals surface area (Å²) in [4.78, 5) is 32.0. The Kier molecular flexibility index (Phi) is 6.26. The minimum Gasteiger partial charge on any atom is -0.462 e. The van der Waals surface area contributed by atoms with E-state index < -0.39 is 5.25 Å². The second-order valence-electron chi connectivity index (χ2n) is 6.23. The summed E-state index contributed by atoms with van der Waals surface area (Å²) < 4.78 is 5.01. The molecule has 0 bridgehead atoms. The first-order valence-corrected chi connectivity index (χ1v) is 10.0. The highest BCUT2D eigenvalue weighted by atomic mass is 35.5. The van der Waals surface area contributed by atoms with E-state index in [-0.39, 0.29) is 11.9 Å². The van der Waals surface area contributed by atoms with Crippen LogP contribution in [0.4, 0.5) is 5.69 Å². The van der Waals surface area contributed by atoms with Crippen molar-refractivity contribution in [2.45, 2.75) is 31.2 Å². The molecular weight excluding hydrogens is 398 g/mol. The van der Waals surface area contributed by atoms with Crippen molar-refractivity contribution in [3.05, 3.63) is 52.5 Å². The molecule has 8 heteroatoms. The standard InChI is InChI=1S/C20H20ClN3O3S/c1-4-27-19(26)13-6-8-16-17(10-13)24-20(23-16)28-12(3)18(25)22-15-7-5-11(2)9-14(15)21/h5-10,12H,4H2,1-3H3,(H,22,25)(H,23,24). The summed E-state index contributed by atoms with van der Waals surface area (Å²) in [6, 6.07) is 10.6.